The number of benzene rings is 1. The van der Waals surface area contributed by atoms with Gasteiger partial charge in [0.2, 0.25) is 0 Å². The molecule has 10 nitrogen and oxygen atoms in total. The maximum Gasteiger partial charge on any atom is 0.444 e. The smallest absolute Gasteiger partial charge is 0.444 e. The summed E-state index contributed by atoms with van der Waals surface area (Å²) in [4.78, 5) is 40.7. The molecule has 1 heterocycles. The molecule has 1 aromatic carbocycles. The van der Waals surface area contributed by atoms with Crippen LogP contribution in [0.3, 0.4) is 0 Å². The van der Waals surface area contributed by atoms with Crippen molar-refractivity contribution >= 4 is 23.3 Å². The Kier molecular flexibility index (Phi) is 3.16. The van der Waals surface area contributed by atoms with Gasteiger partial charge in [0.25, 0.3) is 5.69 Å². The van der Waals surface area contributed by atoms with E-state index in [1.165, 1.54) is 19.2 Å². The van der Waals surface area contributed by atoms with Gasteiger partial charge in [-0.2, -0.15) is 0 Å². The van der Waals surface area contributed by atoms with Crippen molar-refractivity contribution in [3.63, 3.8) is 0 Å². The first-order valence-electron chi connectivity index (χ1n) is 4.84. The van der Waals surface area contributed by atoms with Gasteiger partial charge in [0.1, 0.15) is 11.4 Å². The van der Waals surface area contributed by atoms with Crippen LogP contribution >= 0.6 is 0 Å². The normalized spacial score (nSPS) is 14.7. The highest BCUT2D eigenvalue weighted by molar-refractivity contribution is 6.30. The van der Waals surface area contributed by atoms with E-state index < -0.39 is 16.9 Å². The predicted octanol–water partition coefficient (Wildman–Crippen LogP) is -0.156. The van der Waals surface area contributed by atoms with Crippen molar-refractivity contribution in [2.24, 2.45) is 0 Å². The Morgan fingerprint density at radius 2 is 2.11 bits per heavy atom. The third-order valence-corrected chi connectivity index (χ3v) is 2.15. The fourth-order valence-corrected chi connectivity index (χ4v) is 1.31. The highest BCUT2D eigenvalue weighted by atomic mass is 16.9. The van der Waals surface area contributed by atoms with Crippen molar-refractivity contribution < 1.29 is 28.9 Å². The summed E-state index contributed by atoms with van der Waals surface area (Å²) in [6, 6.07) is 3.60. The average Bonchev–Trinajstić information content (AvgIpc) is 2.41. The number of hydrazine groups is 1. The van der Waals surface area contributed by atoms with Crippen molar-refractivity contribution in [2.75, 3.05) is 12.3 Å². The van der Waals surface area contributed by atoms with Crippen molar-refractivity contribution in [3.8, 4) is 5.75 Å². The summed E-state index contributed by atoms with van der Waals surface area (Å²) in [5.41, 5.74) is 1.73. The molecule has 19 heavy (non-hydrogen) atoms. The summed E-state index contributed by atoms with van der Waals surface area (Å²) < 4.78 is 4.96. The zero-order valence-electron chi connectivity index (χ0n) is 9.48. The summed E-state index contributed by atoms with van der Waals surface area (Å²) in [5, 5.41) is 11.3. The van der Waals surface area contributed by atoms with Crippen LogP contribution in [0.4, 0.5) is 11.4 Å². The minimum Gasteiger partial charge on any atom is -0.494 e. The standard InChI is InChI=1S/C9H7N3O7/c1-17-7-3-2-5(12(15)16)4-6(7)11-10-18-8(13)9(14)19-11/h2-4,10H,1H3. The quantitative estimate of drug-likeness (QED) is 0.453. The minimum atomic E-state index is -1.27. The molecule has 10 heteroatoms. The highest BCUT2D eigenvalue weighted by Crippen LogP contribution is 2.32. The Bertz CT molecular complexity index is 559. The third kappa shape index (κ3) is 2.37. The van der Waals surface area contributed by atoms with Crippen LogP contribution in [0.25, 0.3) is 0 Å². The lowest BCUT2D eigenvalue weighted by atomic mass is 10.2. The Labute approximate surface area is 105 Å². The molecule has 0 unspecified atom stereocenters. The number of rotatable bonds is 3. The molecule has 1 N–H and O–H groups in total. The second-order valence-corrected chi connectivity index (χ2v) is 3.27. The molecule has 1 aliphatic heterocycles. The number of nitrogens with one attached hydrogen (secondary N) is 1. The first kappa shape index (κ1) is 12.6. The lowest BCUT2D eigenvalue weighted by Gasteiger charge is -2.26. The van der Waals surface area contributed by atoms with Gasteiger partial charge in [-0.15, -0.1) is 0 Å². The molecule has 0 atom stereocenters. The van der Waals surface area contributed by atoms with Crippen LogP contribution in [0.2, 0.25) is 0 Å². The van der Waals surface area contributed by atoms with Crippen molar-refractivity contribution in [1.82, 2.24) is 5.59 Å². The third-order valence-electron chi connectivity index (χ3n) is 2.15. The molecular weight excluding hydrogens is 262 g/mol. The van der Waals surface area contributed by atoms with E-state index in [1.807, 2.05) is 5.59 Å². The van der Waals surface area contributed by atoms with E-state index in [4.69, 9.17) is 4.74 Å². The summed E-state index contributed by atoms with van der Waals surface area (Å²) in [5.74, 6) is -2.34. The van der Waals surface area contributed by atoms with Crippen molar-refractivity contribution in [3.05, 3.63) is 28.3 Å². The second kappa shape index (κ2) is 4.78. The summed E-state index contributed by atoms with van der Waals surface area (Å²) >= 11 is 0. The highest BCUT2D eigenvalue weighted by Gasteiger charge is 2.31. The Balaban J connectivity index is 2.36. The van der Waals surface area contributed by atoms with Gasteiger partial charge in [-0.05, 0) is 11.7 Å². The molecule has 0 bridgehead atoms. The van der Waals surface area contributed by atoms with E-state index in [9.17, 15) is 19.7 Å². The van der Waals surface area contributed by atoms with Crippen LogP contribution in [0.1, 0.15) is 0 Å². The Morgan fingerprint density at radius 3 is 2.68 bits per heavy atom. The number of ether oxygens (including phenoxy) is 1. The molecule has 0 spiro atoms. The minimum absolute atomic E-state index is 0.00227. The molecule has 1 fully saturated rings. The number of methoxy groups -OCH3 is 1. The van der Waals surface area contributed by atoms with Gasteiger partial charge in [-0.3, -0.25) is 10.1 Å². The lowest BCUT2D eigenvalue weighted by Crippen LogP contribution is -2.49. The van der Waals surface area contributed by atoms with Gasteiger partial charge >= 0.3 is 11.9 Å². The number of nitro groups is 1. The summed E-state index contributed by atoms with van der Waals surface area (Å²) in [6.07, 6.45) is 0. The van der Waals surface area contributed by atoms with Crippen LogP contribution < -0.4 is 15.5 Å². The van der Waals surface area contributed by atoms with Crippen molar-refractivity contribution in [1.29, 1.82) is 0 Å². The molecule has 0 amide bonds. The zero-order valence-corrected chi connectivity index (χ0v) is 9.48. The maximum absolute atomic E-state index is 11.0. The first-order valence-corrected chi connectivity index (χ1v) is 4.84. The summed E-state index contributed by atoms with van der Waals surface area (Å²) in [7, 11) is 1.32. The molecular formula is C9H7N3O7. The molecule has 0 radical (unpaired) electrons. The fourth-order valence-electron chi connectivity index (χ4n) is 1.31. The molecule has 1 aromatic rings. The monoisotopic (exact) mass is 269 g/mol. The van der Waals surface area contributed by atoms with Crippen molar-refractivity contribution in [2.45, 2.75) is 0 Å². The number of non-ortho nitro benzene ring substituents is 1. The molecule has 0 aliphatic carbocycles. The first-order chi connectivity index (χ1) is 9.02. The van der Waals surface area contributed by atoms with Gasteiger partial charge in [-0.25, -0.2) is 9.59 Å². The molecule has 100 valence electrons. The predicted molar refractivity (Wildman–Crippen MR) is 57.4 cm³/mol. The number of carbonyl (C=O) groups excluding carboxylic acids is 2. The van der Waals surface area contributed by atoms with Gasteiger partial charge in [0.05, 0.1) is 12.0 Å². The van der Waals surface area contributed by atoms with Crippen LogP contribution in [0, 0.1) is 10.1 Å². The maximum atomic E-state index is 11.0. The fraction of sp³-hybridized carbons (Fsp3) is 0.111. The van der Waals surface area contributed by atoms with E-state index in [0.29, 0.717) is 5.17 Å². The molecule has 1 saturated heterocycles. The van der Waals surface area contributed by atoms with E-state index >= 15 is 0 Å². The number of nitrogens with zero attached hydrogens (tertiary/aromatic N) is 2. The van der Waals surface area contributed by atoms with E-state index in [0.717, 1.165) is 6.07 Å². The zero-order chi connectivity index (χ0) is 14.0. The molecule has 1 aliphatic rings. The number of hydrogen-bond acceptors (Lipinski definition) is 9. The topological polar surface area (TPSA) is 120 Å². The lowest BCUT2D eigenvalue weighted by molar-refractivity contribution is -0.384. The van der Waals surface area contributed by atoms with Crippen LogP contribution in [0.5, 0.6) is 5.75 Å². The largest absolute Gasteiger partial charge is 0.494 e. The number of hydrogen-bond donors (Lipinski definition) is 1. The average molecular weight is 269 g/mol. The SMILES string of the molecule is COc1ccc([N+](=O)[O-])cc1N1NOC(=O)C(=O)O1. The van der Waals surface area contributed by atoms with E-state index in [1.54, 1.807) is 0 Å². The van der Waals surface area contributed by atoms with Gasteiger partial charge in [0, 0.05) is 12.1 Å². The van der Waals surface area contributed by atoms with E-state index in [-0.39, 0.29) is 17.1 Å². The number of anilines is 1. The van der Waals surface area contributed by atoms with Crippen LogP contribution in [-0.4, -0.2) is 24.0 Å². The van der Waals surface area contributed by atoms with Crippen LogP contribution in [0.15, 0.2) is 18.2 Å². The molecule has 2 rings (SSSR count). The van der Waals surface area contributed by atoms with Gasteiger partial charge in [0.15, 0.2) is 0 Å². The summed E-state index contributed by atoms with van der Waals surface area (Å²) in [6.45, 7) is 0. The van der Waals surface area contributed by atoms with E-state index in [2.05, 4.69) is 9.68 Å². The second-order valence-electron chi connectivity index (χ2n) is 3.27. The van der Waals surface area contributed by atoms with Gasteiger partial charge in [-0.1, -0.05) is 5.17 Å². The Hall–Kier alpha value is -2.88. The molecule has 0 saturated carbocycles. The number of carbonyl (C=O) groups is 2. The Morgan fingerprint density at radius 1 is 1.37 bits per heavy atom. The molecule has 0 aromatic heterocycles. The van der Waals surface area contributed by atoms with Gasteiger partial charge < -0.3 is 14.4 Å². The number of nitro benzene ring substituents is 1. The van der Waals surface area contributed by atoms with Crippen LogP contribution in [-0.2, 0) is 19.3 Å².